The second kappa shape index (κ2) is 7.18. The van der Waals surface area contributed by atoms with E-state index in [0.717, 1.165) is 25.3 Å². The lowest BCUT2D eigenvalue weighted by Crippen LogP contribution is -2.36. The Morgan fingerprint density at radius 3 is 2.38 bits per heavy atom. The van der Waals surface area contributed by atoms with Crippen LogP contribution in [0.5, 0.6) is 0 Å². The zero-order valence-electron chi connectivity index (χ0n) is 13.2. The lowest BCUT2D eigenvalue weighted by Gasteiger charge is -2.26. The molecule has 1 aliphatic rings. The highest BCUT2D eigenvalue weighted by Gasteiger charge is 2.29. The molecule has 1 aliphatic heterocycles. The zero-order chi connectivity index (χ0) is 18.0. The van der Waals surface area contributed by atoms with Gasteiger partial charge in [-0.2, -0.15) is 9.03 Å². The minimum atomic E-state index is -4.10. The molecule has 0 atom stereocenters. The van der Waals surface area contributed by atoms with Crippen molar-refractivity contribution in [1.29, 1.82) is 0 Å². The van der Waals surface area contributed by atoms with Gasteiger partial charge in [-0.1, -0.05) is 12.5 Å². The monoisotopic (exact) mass is 376 g/mol. The molecule has 0 saturated carbocycles. The Morgan fingerprint density at radius 1 is 1.17 bits per heavy atom. The second-order valence-corrected chi connectivity index (χ2v) is 9.28. The van der Waals surface area contributed by atoms with E-state index in [-0.39, 0.29) is 9.79 Å². The van der Waals surface area contributed by atoms with Crippen molar-refractivity contribution in [3.63, 3.8) is 0 Å². The summed E-state index contributed by atoms with van der Waals surface area (Å²) in [5.41, 5.74) is 0.442. The Morgan fingerprint density at radius 2 is 1.79 bits per heavy atom. The first-order valence-electron chi connectivity index (χ1n) is 7.47. The predicted octanol–water partition coefficient (Wildman–Crippen LogP) is 0.533. The molecule has 0 aliphatic carbocycles. The summed E-state index contributed by atoms with van der Waals surface area (Å²) >= 11 is 0. The van der Waals surface area contributed by atoms with Gasteiger partial charge in [-0.3, -0.25) is 4.79 Å². The summed E-state index contributed by atoms with van der Waals surface area (Å²) in [6, 6.07) is 3.75. The first-order valence-corrected chi connectivity index (χ1v) is 10.4. The number of hydrogen-bond donors (Lipinski definition) is 2. The van der Waals surface area contributed by atoms with Crippen molar-refractivity contribution in [1.82, 2.24) is 9.03 Å². The first-order chi connectivity index (χ1) is 11.1. The summed E-state index contributed by atoms with van der Waals surface area (Å²) < 4.78 is 53.1. The summed E-state index contributed by atoms with van der Waals surface area (Å²) in [7, 11) is -7.88. The van der Waals surface area contributed by atoms with Crippen LogP contribution >= 0.6 is 0 Å². The van der Waals surface area contributed by atoms with Crippen LogP contribution in [-0.4, -0.2) is 51.9 Å². The summed E-state index contributed by atoms with van der Waals surface area (Å²) in [5.74, 6) is -1.33. The van der Waals surface area contributed by atoms with Gasteiger partial charge in [0.15, 0.2) is 0 Å². The van der Waals surface area contributed by atoms with Crippen molar-refractivity contribution in [2.24, 2.45) is 0 Å². The molecular weight excluding hydrogens is 356 g/mol. The largest absolute Gasteiger partial charge is 0.480 e. The molecule has 0 spiro atoms. The van der Waals surface area contributed by atoms with Gasteiger partial charge in [-0.05, 0) is 37.5 Å². The van der Waals surface area contributed by atoms with E-state index in [2.05, 4.69) is 0 Å². The van der Waals surface area contributed by atoms with Gasteiger partial charge in [0, 0.05) is 13.1 Å². The highest BCUT2D eigenvalue weighted by molar-refractivity contribution is 7.90. The fraction of sp³-hybridized carbons (Fsp3) is 0.500. The summed E-state index contributed by atoms with van der Waals surface area (Å²) in [6.07, 6.45) is 2.52. The predicted molar refractivity (Wildman–Crippen MR) is 86.6 cm³/mol. The van der Waals surface area contributed by atoms with Crippen LogP contribution < -0.4 is 4.72 Å². The molecule has 8 nitrogen and oxygen atoms in total. The van der Waals surface area contributed by atoms with Crippen molar-refractivity contribution < 1.29 is 26.7 Å². The molecule has 1 heterocycles. The SMILES string of the molecule is Cc1ccc(S(=O)(=O)NCC(=O)O)cc1S(=O)(=O)N1CCCCC1. The van der Waals surface area contributed by atoms with E-state index in [1.54, 1.807) is 6.92 Å². The molecule has 134 valence electrons. The topological polar surface area (TPSA) is 121 Å². The highest BCUT2D eigenvalue weighted by atomic mass is 32.2. The molecule has 0 radical (unpaired) electrons. The molecule has 0 aromatic heterocycles. The summed E-state index contributed by atoms with van der Waals surface area (Å²) in [5, 5.41) is 8.59. The molecule has 24 heavy (non-hydrogen) atoms. The molecule has 1 saturated heterocycles. The van der Waals surface area contributed by atoms with Crippen LogP contribution in [0.25, 0.3) is 0 Å². The number of benzene rings is 1. The smallest absolute Gasteiger partial charge is 0.318 e. The third-order valence-corrected chi connectivity index (χ3v) is 7.26. The van der Waals surface area contributed by atoms with E-state index >= 15 is 0 Å². The van der Waals surface area contributed by atoms with Crippen LogP contribution in [0.15, 0.2) is 28.0 Å². The van der Waals surface area contributed by atoms with Crippen molar-refractivity contribution in [2.75, 3.05) is 19.6 Å². The Hall–Kier alpha value is -1.49. The quantitative estimate of drug-likeness (QED) is 0.747. The number of aliphatic carboxylic acids is 1. The molecule has 2 rings (SSSR count). The van der Waals surface area contributed by atoms with Gasteiger partial charge in [0.1, 0.15) is 6.54 Å². The summed E-state index contributed by atoms with van der Waals surface area (Å²) in [6.45, 7) is 1.65. The van der Waals surface area contributed by atoms with E-state index in [1.165, 1.54) is 16.4 Å². The highest BCUT2D eigenvalue weighted by Crippen LogP contribution is 2.25. The lowest BCUT2D eigenvalue weighted by atomic mass is 10.2. The second-order valence-electron chi connectivity index (χ2n) is 5.61. The minimum Gasteiger partial charge on any atom is -0.480 e. The number of nitrogens with zero attached hydrogens (tertiary/aromatic N) is 1. The number of aryl methyl sites for hydroxylation is 1. The van der Waals surface area contributed by atoms with Gasteiger partial charge in [0.25, 0.3) is 0 Å². The molecule has 2 N–H and O–H groups in total. The number of hydrogen-bond acceptors (Lipinski definition) is 5. The maximum absolute atomic E-state index is 12.8. The molecule has 1 aromatic rings. The number of carbonyl (C=O) groups is 1. The van der Waals surface area contributed by atoms with Crippen LogP contribution in [0.3, 0.4) is 0 Å². The molecule has 0 amide bonds. The molecular formula is C14H20N2O6S2. The fourth-order valence-electron chi connectivity index (χ4n) is 2.51. The average Bonchev–Trinajstić information content (AvgIpc) is 2.54. The van der Waals surface area contributed by atoms with Gasteiger partial charge in [-0.15, -0.1) is 0 Å². The Balaban J connectivity index is 2.40. The average molecular weight is 376 g/mol. The van der Waals surface area contributed by atoms with E-state index in [9.17, 15) is 21.6 Å². The number of carboxylic acids is 1. The van der Waals surface area contributed by atoms with Crippen molar-refractivity contribution >= 4 is 26.0 Å². The van der Waals surface area contributed by atoms with Crippen molar-refractivity contribution in [3.8, 4) is 0 Å². The van der Waals surface area contributed by atoms with E-state index in [0.29, 0.717) is 18.7 Å². The minimum absolute atomic E-state index is 0.0670. The zero-order valence-corrected chi connectivity index (χ0v) is 14.9. The Labute approximate surface area is 141 Å². The van der Waals surface area contributed by atoms with Crippen LogP contribution in [0.2, 0.25) is 0 Å². The lowest BCUT2D eigenvalue weighted by molar-refractivity contribution is -0.135. The third kappa shape index (κ3) is 4.12. The van der Waals surface area contributed by atoms with Crippen LogP contribution in [0, 0.1) is 6.92 Å². The van der Waals surface area contributed by atoms with Crippen LogP contribution in [0.1, 0.15) is 24.8 Å². The third-order valence-electron chi connectivity index (χ3n) is 3.82. The van der Waals surface area contributed by atoms with E-state index in [4.69, 9.17) is 5.11 Å². The number of sulfonamides is 2. The normalized spacial score (nSPS) is 16.9. The fourth-order valence-corrected chi connectivity index (χ4v) is 5.35. The van der Waals surface area contributed by atoms with Gasteiger partial charge in [-0.25, -0.2) is 16.8 Å². The molecule has 1 fully saturated rings. The number of nitrogens with one attached hydrogen (secondary N) is 1. The van der Waals surface area contributed by atoms with Gasteiger partial charge in [0.2, 0.25) is 20.0 Å². The Bertz CT molecular complexity index is 827. The number of rotatable bonds is 6. The van der Waals surface area contributed by atoms with Gasteiger partial charge >= 0.3 is 5.97 Å². The maximum atomic E-state index is 12.8. The number of carboxylic acid groups (broad SMARTS) is 1. The standard InChI is InChI=1S/C14H20N2O6S2/c1-11-5-6-12(23(19,20)15-10-14(17)18)9-13(11)24(21,22)16-7-3-2-4-8-16/h5-6,9,15H,2-4,7-8,10H2,1H3,(H,17,18). The van der Waals surface area contributed by atoms with E-state index in [1.807, 2.05) is 4.72 Å². The van der Waals surface area contributed by atoms with Crippen LogP contribution in [-0.2, 0) is 24.8 Å². The van der Waals surface area contributed by atoms with Gasteiger partial charge < -0.3 is 5.11 Å². The van der Waals surface area contributed by atoms with E-state index < -0.39 is 32.6 Å². The molecule has 10 heteroatoms. The first kappa shape index (κ1) is 18.8. The number of piperidine rings is 1. The van der Waals surface area contributed by atoms with Crippen molar-refractivity contribution in [3.05, 3.63) is 23.8 Å². The van der Waals surface area contributed by atoms with Crippen LogP contribution in [0.4, 0.5) is 0 Å². The molecule has 0 bridgehead atoms. The Kier molecular flexibility index (Phi) is 5.63. The molecule has 0 unspecified atom stereocenters. The van der Waals surface area contributed by atoms with Crippen molar-refractivity contribution in [2.45, 2.75) is 36.0 Å². The summed E-state index contributed by atoms with van der Waals surface area (Å²) in [4.78, 5) is 10.2. The van der Waals surface area contributed by atoms with Gasteiger partial charge in [0.05, 0.1) is 9.79 Å². The molecule has 1 aromatic carbocycles. The maximum Gasteiger partial charge on any atom is 0.318 e.